The number of carbonyl (C=O) groups excluding carboxylic acids is 1. The van der Waals surface area contributed by atoms with Gasteiger partial charge in [0.05, 0.1) is 23.8 Å². The third kappa shape index (κ3) is 3.64. The highest BCUT2D eigenvalue weighted by Crippen LogP contribution is 2.55. The van der Waals surface area contributed by atoms with Crippen molar-refractivity contribution in [2.24, 2.45) is 17.8 Å². The summed E-state index contributed by atoms with van der Waals surface area (Å²) in [6.07, 6.45) is 0.625. The summed E-state index contributed by atoms with van der Waals surface area (Å²) in [5, 5.41) is 16.3. The fourth-order valence-electron chi connectivity index (χ4n) is 6.11. The average Bonchev–Trinajstić information content (AvgIpc) is 3.15. The van der Waals surface area contributed by atoms with E-state index in [2.05, 4.69) is 20.6 Å². The highest BCUT2D eigenvalue weighted by Gasteiger charge is 2.55. The number of anilines is 1. The SMILES string of the molecule is O=C(N[C@H]1C2CC3CC1C[C@@](O)(C3)C2)c1cnc(N[C@@H]2CCOC2)nc1C(F)(F)F. The Labute approximate surface area is 171 Å². The quantitative estimate of drug-likeness (QED) is 0.684. The minimum absolute atomic E-state index is 0.101. The number of nitrogens with one attached hydrogen (secondary N) is 2. The monoisotopic (exact) mass is 426 g/mol. The lowest BCUT2D eigenvalue weighted by molar-refractivity contribution is -0.141. The third-order valence-electron chi connectivity index (χ3n) is 7.10. The Bertz CT molecular complexity index is 827. The van der Waals surface area contributed by atoms with Crippen LogP contribution in [-0.4, -0.2) is 51.9 Å². The lowest BCUT2D eigenvalue weighted by Crippen LogP contribution is -2.61. The lowest BCUT2D eigenvalue weighted by atomic mass is 9.52. The Morgan fingerprint density at radius 1 is 1.23 bits per heavy atom. The van der Waals surface area contributed by atoms with Crippen molar-refractivity contribution in [1.82, 2.24) is 15.3 Å². The van der Waals surface area contributed by atoms with E-state index in [-0.39, 0.29) is 29.9 Å². The summed E-state index contributed by atoms with van der Waals surface area (Å²) in [4.78, 5) is 20.4. The standard InChI is InChI=1S/C20H25F3N4O3/c21-20(22,23)16-14(8-24-18(27-16)25-13-1-2-30-9-13)17(28)26-15-11-3-10-4-12(15)7-19(29,5-10)6-11/h8,10-13,15,29H,1-7,9H2,(H,26,28)(H,24,25,27)/t10?,11?,12?,13-,15-,19+/m1/s1. The normalized spacial score (nSPS) is 37.4. The number of amides is 1. The van der Waals surface area contributed by atoms with Gasteiger partial charge < -0.3 is 20.5 Å². The maximum Gasteiger partial charge on any atom is 0.434 e. The summed E-state index contributed by atoms with van der Waals surface area (Å²) >= 11 is 0. The van der Waals surface area contributed by atoms with Crippen LogP contribution in [-0.2, 0) is 10.9 Å². The summed E-state index contributed by atoms with van der Waals surface area (Å²) in [7, 11) is 0. The average molecular weight is 426 g/mol. The number of alkyl halides is 3. The minimum Gasteiger partial charge on any atom is -0.390 e. The smallest absolute Gasteiger partial charge is 0.390 e. The number of aliphatic hydroxyl groups is 1. The summed E-state index contributed by atoms with van der Waals surface area (Å²) < 4.78 is 46.2. The Morgan fingerprint density at radius 2 is 1.97 bits per heavy atom. The van der Waals surface area contributed by atoms with Crippen LogP contribution < -0.4 is 10.6 Å². The number of hydrogen-bond donors (Lipinski definition) is 3. The highest BCUT2D eigenvalue weighted by molar-refractivity contribution is 5.95. The first-order valence-corrected chi connectivity index (χ1v) is 10.5. The van der Waals surface area contributed by atoms with E-state index in [0.29, 0.717) is 38.4 Å². The van der Waals surface area contributed by atoms with E-state index in [1.807, 2.05) is 0 Å². The molecule has 2 unspecified atom stereocenters. The topological polar surface area (TPSA) is 96.4 Å². The molecule has 10 heteroatoms. The molecule has 1 aromatic heterocycles. The molecule has 4 bridgehead atoms. The number of aromatic nitrogens is 2. The van der Waals surface area contributed by atoms with Gasteiger partial charge in [-0.05, 0) is 56.3 Å². The van der Waals surface area contributed by atoms with Gasteiger partial charge in [-0.2, -0.15) is 13.2 Å². The van der Waals surface area contributed by atoms with E-state index in [0.717, 1.165) is 25.5 Å². The Kier molecular flexibility index (Phi) is 4.70. The number of rotatable bonds is 4. The van der Waals surface area contributed by atoms with Crippen LogP contribution in [0.2, 0.25) is 0 Å². The second-order valence-electron chi connectivity index (χ2n) is 9.35. The van der Waals surface area contributed by atoms with E-state index in [4.69, 9.17) is 4.74 Å². The zero-order valence-electron chi connectivity index (χ0n) is 16.4. The molecule has 0 radical (unpaired) electrons. The summed E-state index contributed by atoms with van der Waals surface area (Å²) in [6, 6.07) is -0.367. The largest absolute Gasteiger partial charge is 0.434 e. The number of hydrogen-bond acceptors (Lipinski definition) is 6. The van der Waals surface area contributed by atoms with Crippen molar-refractivity contribution < 1.29 is 27.8 Å². The third-order valence-corrected chi connectivity index (χ3v) is 7.10. The van der Waals surface area contributed by atoms with E-state index in [1.54, 1.807) is 0 Å². The van der Waals surface area contributed by atoms with Gasteiger partial charge in [-0.3, -0.25) is 4.79 Å². The van der Waals surface area contributed by atoms with E-state index in [9.17, 15) is 23.1 Å². The van der Waals surface area contributed by atoms with Gasteiger partial charge in [-0.25, -0.2) is 9.97 Å². The van der Waals surface area contributed by atoms with Gasteiger partial charge in [0.15, 0.2) is 5.69 Å². The van der Waals surface area contributed by atoms with Gasteiger partial charge in [-0.15, -0.1) is 0 Å². The van der Waals surface area contributed by atoms with Crippen LogP contribution in [0.1, 0.15) is 54.6 Å². The molecule has 164 valence electrons. The molecule has 4 saturated carbocycles. The van der Waals surface area contributed by atoms with Crippen LogP contribution in [0.25, 0.3) is 0 Å². The van der Waals surface area contributed by atoms with Crippen molar-refractivity contribution in [1.29, 1.82) is 0 Å². The molecule has 0 spiro atoms. The number of ether oxygens (including phenoxy) is 1. The molecule has 0 aromatic carbocycles. The molecule has 3 atom stereocenters. The van der Waals surface area contributed by atoms with Crippen LogP contribution >= 0.6 is 0 Å². The van der Waals surface area contributed by atoms with Gasteiger partial charge in [0, 0.05) is 18.8 Å². The summed E-state index contributed by atoms with van der Waals surface area (Å²) in [5.41, 5.74) is -2.48. The summed E-state index contributed by atoms with van der Waals surface area (Å²) in [5.74, 6) is -0.319. The van der Waals surface area contributed by atoms with Crippen LogP contribution in [0.4, 0.5) is 19.1 Å². The summed E-state index contributed by atoms with van der Waals surface area (Å²) in [6.45, 7) is 0.911. The highest BCUT2D eigenvalue weighted by atomic mass is 19.4. The predicted molar refractivity (Wildman–Crippen MR) is 99.6 cm³/mol. The first-order valence-electron chi connectivity index (χ1n) is 10.5. The number of halogens is 3. The molecular formula is C20H25F3N4O3. The van der Waals surface area contributed by atoms with E-state index < -0.39 is 28.9 Å². The van der Waals surface area contributed by atoms with Gasteiger partial charge in [-0.1, -0.05) is 0 Å². The Balaban J connectivity index is 1.36. The Hall–Kier alpha value is -1.94. The minimum atomic E-state index is -4.78. The zero-order valence-corrected chi connectivity index (χ0v) is 16.4. The van der Waals surface area contributed by atoms with Crippen molar-refractivity contribution in [3.63, 3.8) is 0 Å². The second kappa shape index (κ2) is 7.05. The van der Waals surface area contributed by atoms with Crippen molar-refractivity contribution in [3.8, 4) is 0 Å². The van der Waals surface area contributed by atoms with Crippen LogP contribution in [0.5, 0.6) is 0 Å². The van der Waals surface area contributed by atoms with Gasteiger partial charge >= 0.3 is 6.18 Å². The molecule has 5 aliphatic rings. The molecule has 6 rings (SSSR count). The molecule has 5 fully saturated rings. The van der Waals surface area contributed by atoms with Gasteiger partial charge in [0.2, 0.25) is 5.95 Å². The molecule has 1 aliphatic heterocycles. The lowest BCUT2D eigenvalue weighted by Gasteiger charge is -2.58. The maximum absolute atomic E-state index is 13.7. The molecule has 30 heavy (non-hydrogen) atoms. The first kappa shape index (κ1) is 20.0. The van der Waals surface area contributed by atoms with Crippen molar-refractivity contribution >= 4 is 11.9 Å². The van der Waals surface area contributed by atoms with E-state index >= 15 is 0 Å². The maximum atomic E-state index is 13.7. The van der Waals surface area contributed by atoms with Gasteiger partial charge in [0.25, 0.3) is 5.91 Å². The molecule has 1 aromatic rings. The molecule has 4 aliphatic carbocycles. The molecular weight excluding hydrogens is 401 g/mol. The molecule has 2 heterocycles. The van der Waals surface area contributed by atoms with Crippen LogP contribution in [0, 0.1) is 17.8 Å². The second-order valence-corrected chi connectivity index (χ2v) is 9.35. The van der Waals surface area contributed by atoms with Gasteiger partial charge in [0.1, 0.15) is 0 Å². The Morgan fingerprint density at radius 3 is 2.57 bits per heavy atom. The van der Waals surface area contributed by atoms with Crippen LogP contribution in [0.15, 0.2) is 6.20 Å². The predicted octanol–water partition coefficient (Wildman–Crippen LogP) is 2.37. The van der Waals surface area contributed by atoms with E-state index in [1.165, 1.54) is 0 Å². The molecule has 7 nitrogen and oxygen atoms in total. The molecule has 1 saturated heterocycles. The fraction of sp³-hybridized carbons (Fsp3) is 0.750. The number of nitrogens with zero attached hydrogens (tertiary/aromatic N) is 2. The zero-order chi connectivity index (χ0) is 21.1. The number of carbonyl (C=O) groups is 1. The van der Waals surface area contributed by atoms with Crippen molar-refractivity contribution in [3.05, 3.63) is 17.5 Å². The molecule has 3 N–H and O–H groups in total. The first-order chi connectivity index (χ1) is 14.2. The van der Waals surface area contributed by atoms with Crippen LogP contribution in [0.3, 0.4) is 0 Å². The molecule has 1 amide bonds. The van der Waals surface area contributed by atoms with Crippen molar-refractivity contribution in [2.75, 3.05) is 18.5 Å². The van der Waals surface area contributed by atoms with Crippen molar-refractivity contribution in [2.45, 2.75) is 62.4 Å². The fourth-order valence-corrected chi connectivity index (χ4v) is 6.11.